The quantitative estimate of drug-likeness (QED) is 0.868. The number of hydrogen-bond acceptors (Lipinski definition) is 3. The third-order valence-electron chi connectivity index (χ3n) is 4.35. The van der Waals surface area contributed by atoms with Crippen LogP contribution in [0.15, 0.2) is 24.3 Å². The molecule has 130 valence electrons. The highest BCUT2D eigenvalue weighted by atomic mass is 35.5. The molecule has 3 N–H and O–H groups in total. The minimum absolute atomic E-state index is 0. The van der Waals surface area contributed by atoms with Crippen molar-refractivity contribution in [2.24, 2.45) is 11.7 Å². The van der Waals surface area contributed by atoms with Crippen LogP contribution in [-0.2, 0) is 0 Å². The average Bonchev–Trinajstić information content (AvgIpc) is 3.31. The molecule has 0 saturated heterocycles. The molecular formula is C17H22ClFN4O. The van der Waals surface area contributed by atoms with E-state index < -0.39 is 0 Å². The molecule has 1 amide bonds. The van der Waals surface area contributed by atoms with E-state index in [-0.39, 0.29) is 30.2 Å². The molecule has 1 saturated carbocycles. The van der Waals surface area contributed by atoms with Gasteiger partial charge in [-0.2, -0.15) is 5.10 Å². The van der Waals surface area contributed by atoms with Crippen LogP contribution in [0.25, 0.3) is 5.69 Å². The maximum absolute atomic E-state index is 13.1. The van der Waals surface area contributed by atoms with Crippen molar-refractivity contribution in [3.05, 3.63) is 47.0 Å². The van der Waals surface area contributed by atoms with Crippen molar-refractivity contribution in [2.75, 3.05) is 6.54 Å². The van der Waals surface area contributed by atoms with Gasteiger partial charge in [0.05, 0.1) is 22.6 Å². The van der Waals surface area contributed by atoms with Gasteiger partial charge >= 0.3 is 0 Å². The molecule has 1 aromatic carbocycles. The summed E-state index contributed by atoms with van der Waals surface area (Å²) < 4.78 is 14.7. The molecule has 1 atom stereocenters. The van der Waals surface area contributed by atoms with Crippen LogP contribution in [0.1, 0.15) is 34.6 Å². The average molecular weight is 353 g/mol. The first-order chi connectivity index (χ1) is 11.0. The van der Waals surface area contributed by atoms with Gasteiger partial charge in [0.2, 0.25) is 0 Å². The molecule has 1 aliphatic carbocycles. The van der Waals surface area contributed by atoms with Crippen LogP contribution < -0.4 is 11.1 Å². The Morgan fingerprint density at radius 3 is 2.54 bits per heavy atom. The lowest BCUT2D eigenvalue weighted by Crippen LogP contribution is -2.42. The first-order valence-electron chi connectivity index (χ1n) is 7.84. The lowest BCUT2D eigenvalue weighted by atomic mass is 10.1. The van der Waals surface area contributed by atoms with Crippen LogP contribution in [0.2, 0.25) is 0 Å². The van der Waals surface area contributed by atoms with Crippen molar-refractivity contribution in [1.82, 2.24) is 15.1 Å². The summed E-state index contributed by atoms with van der Waals surface area (Å²) in [6.07, 6.45) is 2.24. The number of rotatable bonds is 5. The minimum atomic E-state index is -0.302. The molecular weight excluding hydrogens is 331 g/mol. The van der Waals surface area contributed by atoms with E-state index in [1.165, 1.54) is 12.1 Å². The van der Waals surface area contributed by atoms with Crippen molar-refractivity contribution in [1.29, 1.82) is 0 Å². The van der Waals surface area contributed by atoms with Crippen molar-refractivity contribution in [3.63, 3.8) is 0 Å². The Balaban J connectivity index is 0.00000208. The summed E-state index contributed by atoms with van der Waals surface area (Å²) in [7, 11) is 0. The molecule has 0 bridgehead atoms. The van der Waals surface area contributed by atoms with Crippen LogP contribution in [0.4, 0.5) is 4.39 Å². The summed E-state index contributed by atoms with van der Waals surface area (Å²) in [5, 5.41) is 7.45. The van der Waals surface area contributed by atoms with Gasteiger partial charge in [0.25, 0.3) is 5.91 Å². The summed E-state index contributed by atoms with van der Waals surface area (Å²) in [6, 6.07) is 6.06. The Kier molecular flexibility index (Phi) is 5.62. The number of nitrogens with one attached hydrogen (secondary N) is 1. The van der Waals surface area contributed by atoms with Crippen LogP contribution in [-0.4, -0.2) is 28.3 Å². The van der Waals surface area contributed by atoms with Crippen molar-refractivity contribution >= 4 is 18.3 Å². The Hall–Kier alpha value is -1.92. The molecule has 0 radical (unpaired) electrons. The van der Waals surface area contributed by atoms with Crippen molar-refractivity contribution in [2.45, 2.75) is 32.7 Å². The third kappa shape index (κ3) is 3.60. The molecule has 1 aromatic heterocycles. The lowest BCUT2D eigenvalue weighted by molar-refractivity contribution is 0.0932. The van der Waals surface area contributed by atoms with Gasteiger partial charge in [-0.25, -0.2) is 9.07 Å². The number of carbonyl (C=O) groups excluding carboxylic acids is 1. The number of amides is 1. The lowest BCUT2D eigenvalue weighted by Gasteiger charge is -2.16. The van der Waals surface area contributed by atoms with Crippen molar-refractivity contribution < 1.29 is 9.18 Å². The Morgan fingerprint density at radius 1 is 1.38 bits per heavy atom. The van der Waals surface area contributed by atoms with E-state index >= 15 is 0 Å². The number of hydrogen-bond donors (Lipinski definition) is 2. The van der Waals surface area contributed by atoms with Gasteiger partial charge < -0.3 is 11.1 Å². The van der Waals surface area contributed by atoms with E-state index in [9.17, 15) is 9.18 Å². The Morgan fingerprint density at radius 2 is 2.00 bits per heavy atom. The van der Waals surface area contributed by atoms with Gasteiger partial charge in [-0.3, -0.25) is 4.79 Å². The number of nitrogens with two attached hydrogens (primary N) is 1. The first-order valence-corrected chi connectivity index (χ1v) is 7.84. The second kappa shape index (κ2) is 7.32. The van der Waals surface area contributed by atoms with Crippen molar-refractivity contribution in [3.8, 4) is 5.69 Å². The zero-order valence-corrected chi connectivity index (χ0v) is 14.6. The number of halogens is 2. The second-order valence-electron chi connectivity index (χ2n) is 6.09. The fourth-order valence-corrected chi connectivity index (χ4v) is 2.91. The second-order valence-corrected chi connectivity index (χ2v) is 6.09. The largest absolute Gasteiger partial charge is 0.348 e. The minimum Gasteiger partial charge on any atom is -0.348 e. The molecule has 0 aliphatic heterocycles. The van der Waals surface area contributed by atoms with Gasteiger partial charge in [0.1, 0.15) is 5.82 Å². The fraction of sp³-hybridized carbons (Fsp3) is 0.412. The molecule has 1 fully saturated rings. The van der Waals surface area contributed by atoms with Gasteiger partial charge in [-0.15, -0.1) is 12.4 Å². The predicted octanol–water partition coefficient (Wildman–Crippen LogP) is 2.52. The summed E-state index contributed by atoms with van der Waals surface area (Å²) >= 11 is 0. The summed E-state index contributed by atoms with van der Waals surface area (Å²) in [5.74, 6) is 0.0517. The molecule has 3 rings (SSSR count). The van der Waals surface area contributed by atoms with Crippen LogP contribution >= 0.6 is 12.4 Å². The third-order valence-corrected chi connectivity index (χ3v) is 4.35. The van der Waals surface area contributed by atoms with E-state index in [1.807, 2.05) is 6.92 Å². The maximum Gasteiger partial charge on any atom is 0.255 e. The standard InChI is InChI=1S/C17H21FN4O.ClH/c1-10-16(17(23)20-15(9-19)12-3-4-12)11(2)22(21-10)14-7-5-13(18)6-8-14;/h5-8,12,15H,3-4,9,19H2,1-2H3,(H,20,23);1H. The highest BCUT2D eigenvalue weighted by Gasteiger charge is 2.32. The fourth-order valence-electron chi connectivity index (χ4n) is 2.91. The number of nitrogens with zero attached hydrogens (tertiary/aromatic N) is 2. The molecule has 1 unspecified atom stereocenters. The Labute approximate surface area is 146 Å². The summed E-state index contributed by atoms with van der Waals surface area (Å²) in [5.41, 5.74) is 8.43. The number of carbonyl (C=O) groups is 1. The monoisotopic (exact) mass is 352 g/mol. The van der Waals surface area contributed by atoms with E-state index in [0.29, 0.717) is 23.7 Å². The van der Waals surface area contributed by atoms with Gasteiger partial charge in [-0.1, -0.05) is 0 Å². The van der Waals surface area contributed by atoms with Gasteiger partial charge in [0.15, 0.2) is 0 Å². The molecule has 24 heavy (non-hydrogen) atoms. The maximum atomic E-state index is 13.1. The zero-order chi connectivity index (χ0) is 16.6. The highest BCUT2D eigenvalue weighted by molar-refractivity contribution is 5.96. The Bertz CT molecular complexity index is 725. The zero-order valence-electron chi connectivity index (χ0n) is 13.8. The molecule has 0 spiro atoms. The SMILES string of the molecule is Cc1nn(-c2ccc(F)cc2)c(C)c1C(=O)NC(CN)C1CC1.Cl. The van der Waals surface area contributed by atoms with E-state index in [4.69, 9.17) is 5.73 Å². The molecule has 1 aliphatic rings. The van der Waals surface area contributed by atoms with E-state index in [1.54, 1.807) is 23.7 Å². The van der Waals surface area contributed by atoms with Crippen LogP contribution in [0, 0.1) is 25.6 Å². The molecule has 7 heteroatoms. The number of benzene rings is 1. The molecule has 2 aromatic rings. The number of aromatic nitrogens is 2. The van der Waals surface area contributed by atoms with Gasteiger partial charge in [-0.05, 0) is 56.9 Å². The smallest absolute Gasteiger partial charge is 0.255 e. The normalized spacial score (nSPS) is 14.8. The molecule has 5 nitrogen and oxygen atoms in total. The van der Waals surface area contributed by atoms with Gasteiger partial charge in [0, 0.05) is 12.6 Å². The van der Waals surface area contributed by atoms with Crippen LogP contribution in [0.3, 0.4) is 0 Å². The predicted molar refractivity (Wildman–Crippen MR) is 93.3 cm³/mol. The van der Waals surface area contributed by atoms with E-state index in [0.717, 1.165) is 24.2 Å². The highest BCUT2D eigenvalue weighted by Crippen LogP contribution is 2.32. The van der Waals surface area contributed by atoms with Crippen LogP contribution in [0.5, 0.6) is 0 Å². The number of aryl methyl sites for hydroxylation is 1. The first kappa shape index (κ1) is 18.4. The van der Waals surface area contributed by atoms with E-state index in [2.05, 4.69) is 10.4 Å². The summed E-state index contributed by atoms with van der Waals surface area (Å²) in [4.78, 5) is 12.6. The molecule has 1 heterocycles. The summed E-state index contributed by atoms with van der Waals surface area (Å²) in [6.45, 7) is 4.09. The topological polar surface area (TPSA) is 72.9 Å².